The molecule has 0 unspecified atom stereocenters. The number of carbonyl (C=O) groups excluding carboxylic acids is 2. The van der Waals surface area contributed by atoms with E-state index in [0.29, 0.717) is 5.92 Å². The molecule has 2 aliphatic heterocycles. The predicted molar refractivity (Wildman–Crippen MR) is 164 cm³/mol. The van der Waals surface area contributed by atoms with E-state index in [1.165, 1.54) is 43.2 Å². The first-order chi connectivity index (χ1) is 19.6. The molecule has 1 saturated carbocycles. The summed E-state index contributed by atoms with van der Waals surface area (Å²) in [6.07, 6.45) is 13.3. The molecule has 3 aliphatic rings. The average molecular weight is 553 g/mol. The lowest BCUT2D eigenvalue weighted by atomic mass is 9.84. The molecular weight excluding hydrogens is 512 g/mol. The number of nitrogens with zero attached hydrogens (tertiary/aromatic N) is 2. The second kappa shape index (κ2) is 11.7. The zero-order chi connectivity index (χ0) is 27.6. The van der Waals surface area contributed by atoms with Gasteiger partial charge in [0.05, 0.1) is 17.0 Å². The summed E-state index contributed by atoms with van der Waals surface area (Å²) in [5.74, 6) is 0.936. The van der Waals surface area contributed by atoms with Crippen molar-refractivity contribution in [2.24, 2.45) is 0 Å². The highest BCUT2D eigenvalue weighted by Crippen LogP contribution is 2.44. The molecule has 0 bridgehead atoms. The van der Waals surface area contributed by atoms with E-state index in [9.17, 15) is 9.59 Å². The molecule has 208 valence electrons. The van der Waals surface area contributed by atoms with Crippen molar-refractivity contribution in [2.75, 3.05) is 6.54 Å². The molecule has 3 heterocycles. The van der Waals surface area contributed by atoms with Crippen LogP contribution in [0.1, 0.15) is 108 Å². The van der Waals surface area contributed by atoms with E-state index >= 15 is 0 Å². The van der Waals surface area contributed by atoms with E-state index in [4.69, 9.17) is 0 Å². The zero-order valence-electron chi connectivity index (χ0n) is 23.7. The largest absolute Gasteiger partial charge is 0.335 e. The van der Waals surface area contributed by atoms with E-state index in [2.05, 4.69) is 59.2 Å². The van der Waals surface area contributed by atoms with Gasteiger partial charge >= 0.3 is 0 Å². The van der Waals surface area contributed by atoms with Crippen LogP contribution in [0.5, 0.6) is 0 Å². The normalized spacial score (nSPS) is 22.9. The van der Waals surface area contributed by atoms with Gasteiger partial charge < -0.3 is 9.80 Å². The van der Waals surface area contributed by atoms with Gasteiger partial charge in [-0.25, -0.2) is 0 Å². The van der Waals surface area contributed by atoms with Crippen LogP contribution in [0.2, 0.25) is 0 Å². The SMILES string of the molecule is C/C=C/[C@@H]1C[C@H](N(CCC)C(=O)c2ccc(-c3ccc(C4CCCCC4)cc3)s2)C[C@H]2c3ccccc3C(=O)N12. The minimum atomic E-state index is -0.0117. The quantitative estimate of drug-likeness (QED) is 0.275. The number of allylic oxidation sites excluding steroid dienone is 1. The van der Waals surface area contributed by atoms with Crippen LogP contribution >= 0.6 is 11.3 Å². The Morgan fingerprint density at radius 2 is 1.77 bits per heavy atom. The lowest BCUT2D eigenvalue weighted by Crippen LogP contribution is -2.52. The summed E-state index contributed by atoms with van der Waals surface area (Å²) in [4.78, 5) is 33.5. The topological polar surface area (TPSA) is 40.6 Å². The monoisotopic (exact) mass is 552 g/mol. The molecule has 2 fully saturated rings. The maximum atomic E-state index is 14.0. The average Bonchev–Trinajstić information content (AvgIpc) is 3.60. The summed E-state index contributed by atoms with van der Waals surface area (Å²) in [6.45, 7) is 4.87. The first-order valence-corrected chi connectivity index (χ1v) is 16.0. The Bertz CT molecular complexity index is 1380. The summed E-state index contributed by atoms with van der Waals surface area (Å²) in [5, 5.41) is 0. The molecule has 40 heavy (non-hydrogen) atoms. The van der Waals surface area contributed by atoms with Crippen LogP contribution in [-0.4, -0.2) is 40.2 Å². The van der Waals surface area contributed by atoms with Crippen LogP contribution in [-0.2, 0) is 0 Å². The number of benzene rings is 2. The minimum absolute atomic E-state index is 0.0115. The fourth-order valence-electron chi connectivity index (χ4n) is 7.23. The predicted octanol–water partition coefficient (Wildman–Crippen LogP) is 8.62. The number of fused-ring (bicyclic) bond motifs is 3. The first-order valence-electron chi connectivity index (χ1n) is 15.1. The van der Waals surface area contributed by atoms with E-state index in [1.54, 1.807) is 11.3 Å². The lowest BCUT2D eigenvalue weighted by Gasteiger charge is -2.44. The van der Waals surface area contributed by atoms with Gasteiger partial charge in [-0.05, 0) is 79.8 Å². The molecule has 1 aliphatic carbocycles. The van der Waals surface area contributed by atoms with Crippen molar-refractivity contribution < 1.29 is 9.59 Å². The van der Waals surface area contributed by atoms with E-state index in [0.717, 1.165) is 46.7 Å². The standard InChI is InChI=1S/C35H40N2O2S/c1-3-10-27-22-28(23-31-29-13-8-9-14-30(29)34(38)37(27)31)36(21-4-2)35(39)33-20-19-32(40-33)26-17-15-25(16-18-26)24-11-6-5-7-12-24/h3,8-10,13-20,24,27-28,31H,4-7,11-12,21-23H2,1-2H3/b10-3+/t27-,28+,31+/m1/s1. The molecule has 0 radical (unpaired) electrons. The molecule has 4 nitrogen and oxygen atoms in total. The molecule has 3 atom stereocenters. The van der Waals surface area contributed by atoms with Gasteiger partial charge in [-0.15, -0.1) is 11.3 Å². The van der Waals surface area contributed by atoms with Gasteiger partial charge in [-0.1, -0.05) is 80.8 Å². The number of rotatable bonds is 7. The summed E-state index contributed by atoms with van der Waals surface area (Å²) in [6, 6.07) is 21.3. The maximum Gasteiger partial charge on any atom is 0.264 e. The summed E-state index contributed by atoms with van der Waals surface area (Å²) in [5.41, 5.74) is 4.56. The number of thiophene rings is 1. The van der Waals surface area contributed by atoms with Crippen LogP contribution in [0.25, 0.3) is 10.4 Å². The van der Waals surface area contributed by atoms with E-state index in [1.807, 2.05) is 37.3 Å². The second-order valence-electron chi connectivity index (χ2n) is 11.7. The molecule has 0 N–H and O–H groups in total. The van der Waals surface area contributed by atoms with Crippen molar-refractivity contribution in [2.45, 2.75) is 89.3 Å². The van der Waals surface area contributed by atoms with Gasteiger partial charge in [-0.2, -0.15) is 0 Å². The summed E-state index contributed by atoms with van der Waals surface area (Å²) >= 11 is 1.60. The molecular formula is C35H40N2O2S. The minimum Gasteiger partial charge on any atom is -0.335 e. The fraction of sp³-hybridized carbons (Fsp3) is 0.429. The highest BCUT2D eigenvalue weighted by Gasteiger charge is 2.46. The molecule has 3 aromatic rings. The Morgan fingerprint density at radius 1 is 1.00 bits per heavy atom. The second-order valence-corrected chi connectivity index (χ2v) is 12.7. The Kier molecular flexibility index (Phi) is 7.93. The molecule has 1 aromatic heterocycles. The first kappa shape index (κ1) is 27.0. The Morgan fingerprint density at radius 3 is 2.52 bits per heavy atom. The van der Waals surface area contributed by atoms with Crippen LogP contribution in [0.15, 0.2) is 72.8 Å². The zero-order valence-corrected chi connectivity index (χ0v) is 24.5. The third-order valence-electron chi connectivity index (χ3n) is 9.16. The molecule has 0 spiro atoms. The molecule has 2 aromatic carbocycles. The maximum absolute atomic E-state index is 14.0. The summed E-state index contributed by atoms with van der Waals surface area (Å²) in [7, 11) is 0. The van der Waals surface area contributed by atoms with E-state index in [-0.39, 0.29) is 29.9 Å². The van der Waals surface area contributed by atoms with Crippen LogP contribution in [0.3, 0.4) is 0 Å². The molecule has 2 amide bonds. The molecule has 1 saturated heterocycles. The van der Waals surface area contributed by atoms with Crippen LogP contribution < -0.4 is 0 Å². The summed E-state index contributed by atoms with van der Waals surface area (Å²) < 4.78 is 0. The van der Waals surface area contributed by atoms with Gasteiger partial charge in [-0.3, -0.25) is 9.59 Å². The third kappa shape index (κ3) is 5.05. The highest BCUT2D eigenvalue weighted by atomic mass is 32.1. The van der Waals surface area contributed by atoms with Gasteiger partial charge in [0.1, 0.15) is 0 Å². The lowest BCUT2D eigenvalue weighted by molar-refractivity contribution is 0.0327. The van der Waals surface area contributed by atoms with E-state index < -0.39 is 0 Å². The molecule has 6 rings (SSSR count). The van der Waals surface area contributed by atoms with Gasteiger partial charge in [0.2, 0.25) is 0 Å². The third-order valence-corrected chi connectivity index (χ3v) is 10.3. The Hall–Kier alpha value is -3.18. The van der Waals surface area contributed by atoms with Crippen molar-refractivity contribution in [3.8, 4) is 10.4 Å². The number of amides is 2. The fourth-order valence-corrected chi connectivity index (χ4v) is 8.19. The number of carbonyl (C=O) groups is 2. The van der Waals surface area contributed by atoms with Crippen molar-refractivity contribution in [1.82, 2.24) is 9.80 Å². The van der Waals surface area contributed by atoms with Crippen molar-refractivity contribution in [3.63, 3.8) is 0 Å². The van der Waals surface area contributed by atoms with Gasteiger partial charge in [0.15, 0.2) is 0 Å². The van der Waals surface area contributed by atoms with Gasteiger partial charge in [0.25, 0.3) is 11.8 Å². The van der Waals surface area contributed by atoms with Crippen LogP contribution in [0, 0.1) is 0 Å². The Labute approximate surface area is 242 Å². The highest BCUT2D eigenvalue weighted by molar-refractivity contribution is 7.17. The Balaban J connectivity index is 1.23. The van der Waals surface area contributed by atoms with Crippen molar-refractivity contribution in [1.29, 1.82) is 0 Å². The van der Waals surface area contributed by atoms with Gasteiger partial charge in [0, 0.05) is 23.0 Å². The number of hydrogen-bond donors (Lipinski definition) is 0. The smallest absolute Gasteiger partial charge is 0.264 e. The number of hydrogen-bond acceptors (Lipinski definition) is 3. The number of piperidine rings is 1. The van der Waals surface area contributed by atoms with Crippen molar-refractivity contribution >= 4 is 23.2 Å². The molecule has 5 heteroatoms. The van der Waals surface area contributed by atoms with Crippen molar-refractivity contribution in [3.05, 3.63) is 94.4 Å². The van der Waals surface area contributed by atoms with Crippen LogP contribution in [0.4, 0.5) is 0 Å².